The van der Waals surface area contributed by atoms with E-state index in [0.717, 1.165) is 11.1 Å². The first-order valence-corrected chi connectivity index (χ1v) is 5.94. The van der Waals surface area contributed by atoms with Crippen molar-refractivity contribution in [3.05, 3.63) is 39.1 Å². The van der Waals surface area contributed by atoms with Crippen molar-refractivity contribution in [2.24, 2.45) is 0 Å². The zero-order chi connectivity index (χ0) is 13.3. The van der Waals surface area contributed by atoms with Crippen LogP contribution >= 0.6 is 23.2 Å². The molecule has 1 aromatic heterocycles. The maximum atomic E-state index is 11.4. The van der Waals surface area contributed by atoms with Crippen molar-refractivity contribution in [1.82, 2.24) is 9.78 Å². The van der Waals surface area contributed by atoms with Crippen LogP contribution in [-0.2, 0) is 0 Å². The summed E-state index contributed by atoms with van der Waals surface area (Å²) in [5.41, 5.74) is 0.357. The Bertz CT molecular complexity index is 619. The Morgan fingerprint density at radius 1 is 1.39 bits per heavy atom. The summed E-state index contributed by atoms with van der Waals surface area (Å²) in [7, 11) is 0. The monoisotopic (exact) mass is 288 g/mol. The molecule has 0 aliphatic heterocycles. The molecule has 0 aliphatic rings. The van der Waals surface area contributed by atoms with Crippen LogP contribution in [0.25, 0.3) is 5.69 Å². The Morgan fingerprint density at radius 3 is 2.67 bits per heavy atom. The van der Waals surface area contributed by atoms with Crippen LogP contribution in [0, 0.1) is 0 Å². The molecule has 0 amide bonds. The fourth-order valence-electron chi connectivity index (χ4n) is 1.40. The van der Waals surface area contributed by atoms with Gasteiger partial charge in [-0.05, 0) is 26.0 Å². The molecule has 0 atom stereocenters. The van der Waals surface area contributed by atoms with Crippen molar-refractivity contribution >= 4 is 23.2 Å². The second-order valence-electron chi connectivity index (χ2n) is 3.79. The molecular weight excluding hydrogens is 279 g/mol. The maximum absolute atomic E-state index is 11.4. The summed E-state index contributed by atoms with van der Waals surface area (Å²) in [4.78, 5) is 11.4. The van der Waals surface area contributed by atoms with Crippen molar-refractivity contribution in [3.63, 3.8) is 0 Å². The highest BCUT2D eigenvalue weighted by molar-refractivity contribution is 6.38. The van der Waals surface area contributed by atoms with Gasteiger partial charge in [0, 0.05) is 0 Å². The van der Waals surface area contributed by atoms with Crippen LogP contribution < -0.4 is 10.5 Å². The Morgan fingerprint density at radius 2 is 2.11 bits per heavy atom. The molecule has 0 spiro atoms. The minimum absolute atomic E-state index is 0.0933. The van der Waals surface area contributed by atoms with Gasteiger partial charge in [0.15, 0.2) is 5.75 Å². The summed E-state index contributed by atoms with van der Waals surface area (Å²) in [6.45, 7) is 3.70. The molecule has 7 heteroatoms. The lowest BCUT2D eigenvalue weighted by molar-refractivity contribution is 0.242. The van der Waals surface area contributed by atoms with Crippen molar-refractivity contribution in [3.8, 4) is 11.4 Å². The smallest absolute Gasteiger partial charge is 0.441 e. The first-order valence-electron chi connectivity index (χ1n) is 5.18. The van der Waals surface area contributed by atoms with Gasteiger partial charge in [-0.3, -0.25) is 0 Å². The molecule has 0 N–H and O–H groups in total. The van der Waals surface area contributed by atoms with E-state index in [1.807, 2.05) is 13.8 Å². The number of aromatic nitrogens is 2. The number of hydrogen-bond donors (Lipinski definition) is 0. The predicted molar refractivity (Wildman–Crippen MR) is 67.9 cm³/mol. The zero-order valence-corrected chi connectivity index (χ0v) is 11.2. The largest absolute Gasteiger partial charge is 0.488 e. The molecule has 2 aromatic rings. The van der Waals surface area contributed by atoms with Gasteiger partial charge in [0.25, 0.3) is 0 Å². The third kappa shape index (κ3) is 2.37. The molecular formula is C11H10Cl2N2O3. The molecule has 0 radical (unpaired) electrons. The quantitative estimate of drug-likeness (QED) is 0.871. The van der Waals surface area contributed by atoms with Crippen LogP contribution in [0.3, 0.4) is 0 Å². The second kappa shape index (κ2) is 5.04. The molecule has 1 heterocycles. The maximum Gasteiger partial charge on any atom is 0.441 e. The molecule has 5 nitrogen and oxygen atoms in total. The summed E-state index contributed by atoms with van der Waals surface area (Å²) in [6.07, 6.45) is 0.945. The number of rotatable bonds is 3. The van der Waals surface area contributed by atoms with Gasteiger partial charge in [0.05, 0.1) is 16.8 Å². The van der Waals surface area contributed by atoms with E-state index in [-0.39, 0.29) is 11.1 Å². The van der Waals surface area contributed by atoms with E-state index in [1.54, 1.807) is 12.1 Å². The molecule has 0 saturated heterocycles. The van der Waals surface area contributed by atoms with E-state index in [1.165, 1.54) is 0 Å². The topological polar surface area (TPSA) is 57.3 Å². The van der Waals surface area contributed by atoms with E-state index in [2.05, 4.69) is 9.52 Å². The Labute approximate surface area is 113 Å². The highest BCUT2D eigenvalue weighted by Crippen LogP contribution is 2.37. The second-order valence-corrected chi connectivity index (χ2v) is 4.58. The zero-order valence-electron chi connectivity index (χ0n) is 9.68. The molecule has 2 rings (SSSR count). The molecule has 0 aliphatic carbocycles. The van der Waals surface area contributed by atoms with Gasteiger partial charge in [-0.15, -0.1) is 5.10 Å². The van der Waals surface area contributed by atoms with Crippen LogP contribution in [0.4, 0.5) is 0 Å². The van der Waals surface area contributed by atoms with E-state index >= 15 is 0 Å². The van der Waals surface area contributed by atoms with Gasteiger partial charge in [-0.25, -0.2) is 4.79 Å². The predicted octanol–water partition coefficient (Wildman–Crippen LogP) is 2.92. The highest BCUT2D eigenvalue weighted by Gasteiger charge is 2.16. The molecule has 18 heavy (non-hydrogen) atoms. The van der Waals surface area contributed by atoms with E-state index < -0.39 is 5.76 Å². The summed E-state index contributed by atoms with van der Waals surface area (Å²) in [6, 6.07) is 3.16. The summed E-state index contributed by atoms with van der Waals surface area (Å²) in [5.74, 6) is -0.310. The summed E-state index contributed by atoms with van der Waals surface area (Å²) in [5, 5.41) is 4.34. The van der Waals surface area contributed by atoms with Crippen LogP contribution in [0.5, 0.6) is 5.75 Å². The lowest BCUT2D eigenvalue weighted by Gasteiger charge is -2.14. The SMILES string of the molecule is CC(C)Oc1c(Cl)ccc(-n2ncoc2=O)c1Cl. The first kappa shape index (κ1) is 13.0. The fourth-order valence-corrected chi connectivity index (χ4v) is 1.94. The van der Waals surface area contributed by atoms with Crippen molar-refractivity contribution in [1.29, 1.82) is 0 Å². The van der Waals surface area contributed by atoms with Crippen LogP contribution in [0.2, 0.25) is 10.0 Å². The lowest BCUT2D eigenvalue weighted by atomic mass is 10.3. The number of ether oxygens (including phenoxy) is 1. The molecule has 0 unspecified atom stereocenters. The van der Waals surface area contributed by atoms with Crippen LogP contribution in [-0.4, -0.2) is 15.9 Å². The average Bonchev–Trinajstić information content (AvgIpc) is 2.71. The van der Waals surface area contributed by atoms with Crippen molar-refractivity contribution in [2.45, 2.75) is 20.0 Å². The molecule has 0 bridgehead atoms. The summed E-state index contributed by atoms with van der Waals surface area (Å²) >= 11 is 12.2. The van der Waals surface area contributed by atoms with Gasteiger partial charge in [-0.2, -0.15) is 4.68 Å². The Balaban J connectivity index is 2.58. The lowest BCUT2D eigenvalue weighted by Crippen LogP contribution is -2.15. The minimum Gasteiger partial charge on any atom is -0.488 e. The van der Waals surface area contributed by atoms with Crippen molar-refractivity contribution < 1.29 is 9.15 Å². The number of benzene rings is 1. The molecule has 0 fully saturated rings. The normalized spacial score (nSPS) is 10.9. The van der Waals surface area contributed by atoms with Crippen molar-refractivity contribution in [2.75, 3.05) is 0 Å². The number of halogens is 2. The van der Waals surface area contributed by atoms with Crippen LogP contribution in [0.1, 0.15) is 13.8 Å². The van der Waals surface area contributed by atoms with Gasteiger partial charge in [-0.1, -0.05) is 23.2 Å². The Kier molecular flexibility index (Phi) is 3.63. The van der Waals surface area contributed by atoms with Crippen LogP contribution in [0.15, 0.2) is 27.7 Å². The van der Waals surface area contributed by atoms with E-state index in [9.17, 15) is 4.79 Å². The third-order valence-corrected chi connectivity index (χ3v) is 2.76. The standard InChI is InChI=1S/C11H10Cl2N2O3/c1-6(2)18-10-7(12)3-4-8(9(10)13)15-11(16)17-5-14-15/h3-6H,1-2H3. The molecule has 1 aromatic carbocycles. The minimum atomic E-state index is -0.630. The number of nitrogens with zero attached hydrogens (tertiary/aromatic N) is 2. The Hall–Kier alpha value is -1.46. The van der Waals surface area contributed by atoms with E-state index in [0.29, 0.717) is 16.5 Å². The van der Waals surface area contributed by atoms with E-state index in [4.69, 9.17) is 27.9 Å². The number of hydrogen-bond acceptors (Lipinski definition) is 4. The van der Waals surface area contributed by atoms with Gasteiger partial charge in [0.1, 0.15) is 5.02 Å². The third-order valence-electron chi connectivity index (χ3n) is 2.10. The fraction of sp³-hybridized carbons (Fsp3) is 0.273. The van der Waals surface area contributed by atoms with Gasteiger partial charge >= 0.3 is 5.76 Å². The summed E-state index contributed by atoms with van der Waals surface area (Å²) < 4.78 is 11.1. The molecule has 96 valence electrons. The first-order chi connectivity index (χ1) is 8.50. The molecule has 0 saturated carbocycles. The average molecular weight is 289 g/mol. The van der Waals surface area contributed by atoms with Gasteiger partial charge in [0.2, 0.25) is 6.39 Å². The highest BCUT2D eigenvalue weighted by atomic mass is 35.5. The van der Waals surface area contributed by atoms with Gasteiger partial charge < -0.3 is 9.15 Å².